The minimum atomic E-state index is -1.44. The minimum Gasteiger partial charge on any atom is -0.481 e. The van der Waals surface area contributed by atoms with E-state index in [2.05, 4.69) is 5.32 Å². The summed E-state index contributed by atoms with van der Waals surface area (Å²) in [6.45, 7) is -0.0983. The molecule has 2 aliphatic heterocycles. The molecule has 1 aromatic carbocycles. The van der Waals surface area contributed by atoms with Crippen molar-refractivity contribution in [2.24, 2.45) is 0 Å². The fraction of sp³-hybridized carbons (Fsp3) is 0.375. The molecule has 9 heteroatoms. The molecule has 2 heterocycles. The third-order valence-electron chi connectivity index (χ3n) is 4.64. The van der Waals surface area contributed by atoms with E-state index in [9.17, 15) is 30.0 Å². The summed E-state index contributed by atoms with van der Waals surface area (Å²) in [4.78, 5) is 23.8. The molecule has 4 atom stereocenters. The van der Waals surface area contributed by atoms with Crippen molar-refractivity contribution >= 4 is 17.4 Å². The summed E-state index contributed by atoms with van der Waals surface area (Å²) in [7, 11) is 0. The molecule has 0 aromatic heterocycles. The molecule has 1 aromatic rings. The van der Waals surface area contributed by atoms with E-state index in [4.69, 9.17) is 9.47 Å². The highest BCUT2D eigenvalue weighted by molar-refractivity contribution is 6.07. The molecule has 0 saturated carbocycles. The maximum Gasteiger partial charge on any atom is 0.307 e. The van der Waals surface area contributed by atoms with E-state index in [1.807, 2.05) is 0 Å². The highest BCUT2D eigenvalue weighted by atomic mass is 16.7. The van der Waals surface area contributed by atoms with Crippen LogP contribution in [0.3, 0.4) is 0 Å². The number of rotatable bonds is 2. The van der Waals surface area contributed by atoms with Crippen LogP contribution >= 0.6 is 0 Å². The highest BCUT2D eigenvalue weighted by Crippen LogP contribution is 2.45. The first-order valence-electron chi connectivity index (χ1n) is 7.63. The van der Waals surface area contributed by atoms with E-state index >= 15 is 0 Å². The third kappa shape index (κ3) is 2.28. The zero-order chi connectivity index (χ0) is 17.9. The Morgan fingerprint density at radius 3 is 2.72 bits per heavy atom. The number of carboxylic acid groups (broad SMARTS) is 1. The molecule has 1 amide bonds. The number of carboxylic acids is 1. The molecular formula is C16H15NO8. The van der Waals surface area contributed by atoms with Crippen molar-refractivity contribution in [3.63, 3.8) is 0 Å². The van der Waals surface area contributed by atoms with Crippen molar-refractivity contribution in [3.8, 4) is 11.5 Å². The molecule has 0 saturated heterocycles. The van der Waals surface area contributed by atoms with Crippen molar-refractivity contribution < 1.29 is 39.5 Å². The van der Waals surface area contributed by atoms with Gasteiger partial charge in [-0.15, -0.1) is 0 Å². The van der Waals surface area contributed by atoms with Crippen molar-refractivity contribution in [3.05, 3.63) is 28.8 Å². The largest absolute Gasteiger partial charge is 0.481 e. The number of carbonyl (C=O) groups is 2. The molecule has 0 spiro atoms. The fourth-order valence-corrected chi connectivity index (χ4v) is 3.52. The van der Waals surface area contributed by atoms with Crippen LogP contribution in [-0.4, -0.2) is 63.4 Å². The van der Waals surface area contributed by atoms with Gasteiger partial charge in [0.05, 0.1) is 18.0 Å². The lowest BCUT2D eigenvalue weighted by atomic mass is 9.78. The minimum absolute atomic E-state index is 0.0983. The Hall–Kier alpha value is -2.62. The van der Waals surface area contributed by atoms with Crippen LogP contribution in [0.5, 0.6) is 11.5 Å². The molecule has 1 aliphatic carbocycles. The maximum atomic E-state index is 12.6. The molecule has 25 heavy (non-hydrogen) atoms. The molecular weight excluding hydrogens is 334 g/mol. The van der Waals surface area contributed by atoms with E-state index in [-0.39, 0.29) is 23.7 Å². The predicted molar refractivity (Wildman–Crippen MR) is 81.2 cm³/mol. The molecule has 1 unspecified atom stereocenters. The Bertz CT molecular complexity index is 817. The number of hydrogen-bond acceptors (Lipinski definition) is 7. The van der Waals surface area contributed by atoms with Gasteiger partial charge in [-0.25, -0.2) is 0 Å². The molecule has 132 valence electrons. The fourth-order valence-electron chi connectivity index (χ4n) is 3.52. The third-order valence-corrected chi connectivity index (χ3v) is 4.64. The summed E-state index contributed by atoms with van der Waals surface area (Å²) in [6, 6.07) is 0.606. The summed E-state index contributed by atoms with van der Waals surface area (Å²) in [5.41, 5.74) is 1.01. The van der Waals surface area contributed by atoms with Crippen LogP contribution < -0.4 is 14.8 Å². The molecule has 5 N–H and O–H groups in total. The van der Waals surface area contributed by atoms with Gasteiger partial charge < -0.3 is 35.2 Å². The van der Waals surface area contributed by atoms with Crippen LogP contribution in [0.1, 0.15) is 21.5 Å². The quantitative estimate of drug-likeness (QED) is 0.440. The summed E-state index contributed by atoms with van der Waals surface area (Å²) in [5.74, 6) is -1.24. The summed E-state index contributed by atoms with van der Waals surface area (Å²) in [6.07, 6.45) is -3.28. The van der Waals surface area contributed by atoms with Crippen molar-refractivity contribution in [1.82, 2.24) is 5.32 Å². The lowest BCUT2D eigenvalue weighted by Crippen LogP contribution is -2.57. The summed E-state index contributed by atoms with van der Waals surface area (Å²) >= 11 is 0. The Morgan fingerprint density at radius 2 is 2.00 bits per heavy atom. The van der Waals surface area contributed by atoms with Crippen molar-refractivity contribution in [2.45, 2.75) is 30.8 Å². The number of carbonyl (C=O) groups excluding carboxylic acids is 1. The zero-order valence-corrected chi connectivity index (χ0v) is 12.8. The first kappa shape index (κ1) is 15.9. The highest BCUT2D eigenvalue weighted by Gasteiger charge is 2.44. The second-order valence-corrected chi connectivity index (χ2v) is 6.13. The number of hydrogen-bond donors (Lipinski definition) is 5. The van der Waals surface area contributed by atoms with Gasteiger partial charge in [-0.3, -0.25) is 9.59 Å². The van der Waals surface area contributed by atoms with Gasteiger partial charge in [-0.2, -0.15) is 0 Å². The number of benzene rings is 1. The van der Waals surface area contributed by atoms with Gasteiger partial charge in [-0.1, -0.05) is 0 Å². The van der Waals surface area contributed by atoms with Gasteiger partial charge in [-0.05, 0) is 23.3 Å². The van der Waals surface area contributed by atoms with E-state index in [1.165, 1.54) is 12.1 Å². The average Bonchev–Trinajstić information content (AvgIpc) is 3.02. The average molecular weight is 349 g/mol. The number of nitrogens with one attached hydrogen (secondary N) is 1. The van der Waals surface area contributed by atoms with Crippen LogP contribution in [0.4, 0.5) is 0 Å². The Morgan fingerprint density at radius 1 is 1.24 bits per heavy atom. The van der Waals surface area contributed by atoms with Crippen LogP contribution in [0.2, 0.25) is 0 Å². The zero-order valence-electron chi connectivity index (χ0n) is 12.8. The van der Waals surface area contributed by atoms with Crippen LogP contribution in [-0.2, 0) is 11.2 Å². The van der Waals surface area contributed by atoms with E-state index in [0.29, 0.717) is 16.9 Å². The molecule has 3 aliphatic rings. The number of fused-ring (bicyclic) bond motifs is 4. The molecule has 0 radical (unpaired) electrons. The number of ether oxygens (including phenoxy) is 2. The van der Waals surface area contributed by atoms with E-state index < -0.39 is 42.7 Å². The summed E-state index contributed by atoms with van der Waals surface area (Å²) < 4.78 is 10.6. The first-order valence-corrected chi connectivity index (χ1v) is 7.63. The number of amides is 1. The Labute approximate surface area is 141 Å². The second kappa shape index (κ2) is 5.45. The molecule has 4 rings (SSSR count). The molecule has 9 nitrogen and oxygen atoms in total. The topological polar surface area (TPSA) is 146 Å². The molecule has 0 fully saturated rings. The Kier molecular flexibility index (Phi) is 3.46. The van der Waals surface area contributed by atoms with Gasteiger partial charge in [0, 0.05) is 5.56 Å². The number of aliphatic hydroxyl groups is 3. The lowest BCUT2D eigenvalue weighted by Gasteiger charge is -2.39. The first-order chi connectivity index (χ1) is 11.9. The smallest absolute Gasteiger partial charge is 0.307 e. The number of aliphatic carboxylic acids is 1. The maximum absolute atomic E-state index is 12.6. The Balaban J connectivity index is 1.96. The second-order valence-electron chi connectivity index (χ2n) is 6.13. The van der Waals surface area contributed by atoms with Gasteiger partial charge in [0.2, 0.25) is 6.79 Å². The van der Waals surface area contributed by atoms with Crippen LogP contribution in [0, 0.1) is 0 Å². The standard InChI is InChI=1S/C16H15NO8/c18-8-1-6-5-2-9-15(25-4-24-9)7(3-10(19)20)11(5)16(23)17-12(6)14(22)13(8)21/h1-2,8,12-14,18,21-22H,3-4H2,(H,17,23)(H,19,20)/t8-,12+,13?,14-/m0/s1. The molecule has 0 bridgehead atoms. The van der Waals surface area contributed by atoms with Crippen LogP contribution in [0.15, 0.2) is 12.1 Å². The van der Waals surface area contributed by atoms with Crippen molar-refractivity contribution in [2.75, 3.05) is 6.79 Å². The SMILES string of the molecule is O=C(O)Cc1c2c(cc3c1C(=O)N[C@@H]1C3=C[C@H](O)C(O)[C@H]1O)OCO2. The number of aliphatic hydroxyl groups excluding tert-OH is 3. The lowest BCUT2D eigenvalue weighted by molar-refractivity contribution is -0.136. The monoisotopic (exact) mass is 349 g/mol. The van der Waals surface area contributed by atoms with Crippen LogP contribution in [0.25, 0.3) is 5.57 Å². The van der Waals surface area contributed by atoms with E-state index in [1.54, 1.807) is 0 Å². The van der Waals surface area contributed by atoms with Gasteiger partial charge in [0.1, 0.15) is 18.3 Å². The van der Waals surface area contributed by atoms with Gasteiger partial charge in [0.15, 0.2) is 11.5 Å². The van der Waals surface area contributed by atoms with E-state index in [0.717, 1.165) is 0 Å². The normalized spacial score (nSPS) is 29.4. The van der Waals surface area contributed by atoms with Crippen molar-refractivity contribution in [1.29, 1.82) is 0 Å². The summed E-state index contributed by atoms with van der Waals surface area (Å²) in [5, 5.41) is 41.7. The van der Waals surface area contributed by atoms with Gasteiger partial charge >= 0.3 is 5.97 Å². The van der Waals surface area contributed by atoms with Gasteiger partial charge in [0.25, 0.3) is 5.91 Å². The predicted octanol–water partition coefficient (Wildman–Crippen LogP) is -1.37.